The summed E-state index contributed by atoms with van der Waals surface area (Å²) in [4.78, 5) is 0. The van der Waals surface area contributed by atoms with Crippen LogP contribution in [0.1, 0.15) is 83.0 Å². The average molecular weight is 1040 g/mol. The zero-order valence-corrected chi connectivity index (χ0v) is 43.9. The van der Waals surface area contributed by atoms with Crippen LogP contribution in [-0.4, -0.2) is 9.13 Å². The molecule has 3 nitrogen and oxygen atoms in total. The van der Waals surface area contributed by atoms with Gasteiger partial charge in [0.25, 0.3) is 0 Å². The molecule has 2 heterocycles. The summed E-state index contributed by atoms with van der Waals surface area (Å²) >= 11 is 0. The lowest BCUT2D eigenvalue weighted by molar-refractivity contribution is -0.142. The van der Waals surface area contributed by atoms with Crippen molar-refractivity contribution in [3.05, 3.63) is 231 Å². The molecule has 10 aromatic rings. The standard InChI is InChI=1S/C69H53F6N3/c1-39-19-24-52(43(5)29-39)47-21-26-56-55-25-20-45(50-16-10-7-13-40(50)2)31-62(55)77(63(56)33-47)67-37-59(54-28-23-49(68(70,71)72)35-61(54)69(73,74)75)48(38-76)34-66(67)78-64-32-46(51-17-11-8-14-41(51)3)22-27-57(64)60-30-44(6)58(36-65(60)78)53-18-12-9-15-42(53)4/h7-18,20-29,31-37,39,44H,19,30H2,1-6H3. The van der Waals surface area contributed by atoms with Crippen LogP contribution in [0.2, 0.25) is 0 Å². The highest BCUT2D eigenvalue weighted by Crippen LogP contribution is 2.49. The van der Waals surface area contributed by atoms with Gasteiger partial charge in [0.1, 0.15) is 0 Å². The number of hydrogen-bond acceptors (Lipinski definition) is 1. The SMILES string of the molecule is CC1=CC(C)CC=C1c1ccc2c3ccc(-c4ccccc4C)cc3n(-c3cc(-c4ccc(C(F)(F)F)cc4C(F)(F)F)c(C#N)cc3-n3c4c(c5ccc(-c6ccccc6C)cc53)CC(C)C(c3ccccc3C)=C4)c2c1. The maximum Gasteiger partial charge on any atom is 0.417 e. The summed E-state index contributed by atoms with van der Waals surface area (Å²) in [5.41, 5.74) is 13.9. The summed E-state index contributed by atoms with van der Waals surface area (Å²) < 4.78 is 93.7. The van der Waals surface area contributed by atoms with Crippen molar-refractivity contribution in [1.82, 2.24) is 9.13 Å². The minimum absolute atomic E-state index is 0.0934. The van der Waals surface area contributed by atoms with Gasteiger partial charge >= 0.3 is 12.4 Å². The third kappa shape index (κ3) is 8.46. The van der Waals surface area contributed by atoms with Gasteiger partial charge in [-0.15, -0.1) is 0 Å². The van der Waals surface area contributed by atoms with Crippen molar-refractivity contribution in [3.63, 3.8) is 0 Å². The first-order valence-corrected chi connectivity index (χ1v) is 26.3. The minimum atomic E-state index is -5.22. The number of aryl methyl sites for hydroxylation is 3. The Morgan fingerprint density at radius 2 is 1.06 bits per heavy atom. The van der Waals surface area contributed by atoms with Crippen LogP contribution in [0.4, 0.5) is 26.3 Å². The molecule has 0 radical (unpaired) electrons. The van der Waals surface area contributed by atoms with Crippen LogP contribution >= 0.6 is 0 Å². The molecule has 0 saturated heterocycles. The Hall–Kier alpha value is -8.61. The lowest BCUT2D eigenvalue weighted by Crippen LogP contribution is -2.14. The van der Waals surface area contributed by atoms with E-state index in [0.29, 0.717) is 29.8 Å². The third-order valence-corrected chi connectivity index (χ3v) is 16.2. The van der Waals surface area contributed by atoms with Gasteiger partial charge in [0.15, 0.2) is 0 Å². The van der Waals surface area contributed by atoms with Crippen molar-refractivity contribution in [3.8, 4) is 50.8 Å². The Morgan fingerprint density at radius 3 is 1.63 bits per heavy atom. The van der Waals surface area contributed by atoms with Crippen molar-refractivity contribution in [1.29, 1.82) is 5.26 Å². The fourth-order valence-corrected chi connectivity index (χ4v) is 12.4. The van der Waals surface area contributed by atoms with Gasteiger partial charge in [-0.1, -0.05) is 141 Å². The van der Waals surface area contributed by atoms with Gasteiger partial charge in [-0.05, 0) is 179 Å². The van der Waals surface area contributed by atoms with Crippen LogP contribution in [0.15, 0.2) is 175 Å². The van der Waals surface area contributed by atoms with Gasteiger partial charge in [0.2, 0.25) is 0 Å². The molecule has 0 spiro atoms. The molecule has 0 amide bonds. The number of fused-ring (bicyclic) bond motifs is 6. The highest BCUT2D eigenvalue weighted by Gasteiger charge is 2.39. The van der Waals surface area contributed by atoms with Gasteiger partial charge in [-0.2, -0.15) is 31.6 Å². The number of nitriles is 1. The second kappa shape index (κ2) is 18.8. The molecule has 386 valence electrons. The first-order chi connectivity index (χ1) is 37.4. The second-order valence-electron chi connectivity index (χ2n) is 21.3. The third-order valence-electron chi connectivity index (χ3n) is 16.2. The van der Waals surface area contributed by atoms with Gasteiger partial charge < -0.3 is 9.13 Å². The van der Waals surface area contributed by atoms with Crippen molar-refractivity contribution in [2.24, 2.45) is 11.8 Å². The number of nitrogens with zero attached hydrogens (tertiary/aromatic N) is 3. The molecule has 0 N–H and O–H groups in total. The molecule has 78 heavy (non-hydrogen) atoms. The van der Waals surface area contributed by atoms with E-state index in [2.05, 4.69) is 153 Å². The van der Waals surface area contributed by atoms with Crippen LogP contribution in [0.5, 0.6) is 0 Å². The Labute approximate surface area is 449 Å². The average Bonchev–Trinajstić information content (AvgIpc) is 3.91. The largest absolute Gasteiger partial charge is 0.417 e. The van der Waals surface area contributed by atoms with Gasteiger partial charge in [-0.25, -0.2) is 0 Å². The Kier molecular flexibility index (Phi) is 12.1. The molecule has 9 heteroatoms. The Bertz CT molecular complexity index is 4280. The monoisotopic (exact) mass is 1040 g/mol. The highest BCUT2D eigenvalue weighted by molar-refractivity contribution is 6.12. The fourth-order valence-electron chi connectivity index (χ4n) is 12.4. The van der Waals surface area contributed by atoms with Crippen LogP contribution in [-0.2, 0) is 18.8 Å². The Balaban J connectivity index is 1.27. The number of halogens is 6. The second-order valence-corrected chi connectivity index (χ2v) is 21.3. The molecule has 0 bridgehead atoms. The van der Waals surface area contributed by atoms with Crippen molar-refractivity contribution < 1.29 is 26.3 Å². The van der Waals surface area contributed by atoms with Crippen LogP contribution < -0.4 is 0 Å². The molecular weight excluding hydrogens is 985 g/mol. The molecule has 12 rings (SSSR count). The van der Waals surface area contributed by atoms with E-state index in [4.69, 9.17) is 0 Å². The van der Waals surface area contributed by atoms with Crippen LogP contribution in [0, 0.1) is 43.9 Å². The van der Waals surface area contributed by atoms with Crippen molar-refractivity contribution in [2.75, 3.05) is 0 Å². The van der Waals surface area contributed by atoms with E-state index >= 15 is 13.2 Å². The topological polar surface area (TPSA) is 33.6 Å². The van der Waals surface area contributed by atoms with E-state index < -0.39 is 29.0 Å². The molecule has 2 unspecified atom stereocenters. The predicted octanol–water partition coefficient (Wildman–Crippen LogP) is 19.7. The number of hydrogen-bond donors (Lipinski definition) is 0. The maximum absolute atomic E-state index is 15.5. The normalized spacial score (nSPS) is 15.8. The molecule has 2 aromatic heterocycles. The lowest BCUT2D eigenvalue weighted by atomic mass is 9.81. The summed E-state index contributed by atoms with van der Waals surface area (Å²) in [6.45, 7) is 12.7. The molecule has 0 aliphatic heterocycles. The minimum Gasteiger partial charge on any atom is -0.307 e. The fraction of sp³-hybridized carbons (Fsp3) is 0.174. The maximum atomic E-state index is 15.5. The zero-order chi connectivity index (χ0) is 54.5. The van der Waals surface area contributed by atoms with Crippen molar-refractivity contribution >= 4 is 49.9 Å². The number of aromatic nitrogens is 2. The predicted molar refractivity (Wildman–Crippen MR) is 306 cm³/mol. The van der Waals surface area contributed by atoms with Gasteiger partial charge in [0.05, 0.1) is 56.4 Å². The molecule has 2 atom stereocenters. The number of allylic oxidation sites excluding steroid dienone is 5. The number of benzene rings is 8. The van der Waals surface area contributed by atoms with E-state index in [-0.39, 0.29) is 23.1 Å². The van der Waals surface area contributed by atoms with Crippen molar-refractivity contribution in [2.45, 2.75) is 66.7 Å². The highest BCUT2D eigenvalue weighted by atomic mass is 19.4. The summed E-state index contributed by atoms with van der Waals surface area (Å²) in [5, 5.41) is 14.1. The smallest absolute Gasteiger partial charge is 0.307 e. The van der Waals surface area contributed by atoms with E-state index in [1.54, 1.807) is 12.1 Å². The lowest BCUT2D eigenvalue weighted by Gasteiger charge is -2.25. The molecule has 0 saturated carbocycles. The molecule has 0 fully saturated rings. The van der Waals surface area contributed by atoms with Gasteiger partial charge in [0, 0.05) is 21.7 Å². The first kappa shape index (κ1) is 50.2. The number of alkyl halides is 6. The quantitative estimate of drug-likeness (QED) is 0.146. The Morgan fingerprint density at radius 1 is 0.526 bits per heavy atom. The molecule has 2 aliphatic carbocycles. The van der Waals surface area contributed by atoms with Crippen LogP contribution in [0.25, 0.3) is 94.7 Å². The van der Waals surface area contributed by atoms with Crippen LogP contribution in [0.3, 0.4) is 0 Å². The summed E-state index contributed by atoms with van der Waals surface area (Å²) in [6.07, 6.45) is -2.03. The molecule has 8 aromatic carbocycles. The van der Waals surface area contributed by atoms with E-state index in [0.717, 1.165) is 123 Å². The zero-order valence-electron chi connectivity index (χ0n) is 43.9. The van der Waals surface area contributed by atoms with Gasteiger partial charge in [-0.3, -0.25) is 0 Å². The van der Waals surface area contributed by atoms with E-state index in [9.17, 15) is 18.4 Å². The number of rotatable bonds is 7. The van der Waals surface area contributed by atoms with E-state index in [1.165, 1.54) is 0 Å². The summed E-state index contributed by atoms with van der Waals surface area (Å²) in [5.74, 6) is 0.447. The van der Waals surface area contributed by atoms with E-state index in [1.807, 2.05) is 49.4 Å². The summed E-state index contributed by atoms with van der Waals surface area (Å²) in [6, 6.07) is 50.8. The molecular formula is C69H53F6N3. The summed E-state index contributed by atoms with van der Waals surface area (Å²) in [7, 11) is 0. The molecule has 2 aliphatic rings. The first-order valence-electron chi connectivity index (χ1n) is 26.3.